The molecular formula is C6H15NO2. The van der Waals surface area contributed by atoms with E-state index in [0.717, 1.165) is 0 Å². The van der Waals surface area contributed by atoms with E-state index in [4.69, 9.17) is 10.2 Å². The van der Waals surface area contributed by atoms with Gasteiger partial charge in [0, 0.05) is 13.2 Å². The Kier molecular flexibility index (Phi) is 4.67. The van der Waals surface area contributed by atoms with Gasteiger partial charge < -0.3 is 15.1 Å². The number of aliphatic hydroxyl groups excluding tert-OH is 2. The third-order valence-corrected chi connectivity index (χ3v) is 1.04. The molecular weight excluding hydrogens is 118 g/mol. The lowest BCUT2D eigenvalue weighted by Crippen LogP contribution is -2.26. The molecule has 0 saturated carbocycles. The number of hydrogen-bond acceptors (Lipinski definition) is 3. The van der Waals surface area contributed by atoms with Gasteiger partial charge in [-0.15, -0.1) is 0 Å². The first-order valence-corrected chi connectivity index (χ1v) is 3.10. The molecule has 0 amide bonds. The summed E-state index contributed by atoms with van der Waals surface area (Å²) in [6, 6.07) is 0. The van der Waals surface area contributed by atoms with Crippen molar-refractivity contribution >= 4 is 0 Å². The number of nitrogens with zero attached hydrogens (tertiary/aromatic N) is 1. The fourth-order valence-electron chi connectivity index (χ4n) is 0.662. The second-order valence-corrected chi connectivity index (χ2v) is 2.43. The van der Waals surface area contributed by atoms with Gasteiger partial charge in [0.05, 0.1) is 6.10 Å². The van der Waals surface area contributed by atoms with Gasteiger partial charge in [-0.25, -0.2) is 0 Å². The summed E-state index contributed by atoms with van der Waals surface area (Å²) in [5.41, 5.74) is 0. The Hall–Kier alpha value is -0.120. The van der Waals surface area contributed by atoms with Crippen LogP contribution in [0.3, 0.4) is 0 Å². The lowest BCUT2D eigenvalue weighted by atomic mass is 10.2. The van der Waals surface area contributed by atoms with E-state index in [2.05, 4.69) is 0 Å². The summed E-state index contributed by atoms with van der Waals surface area (Å²) in [5, 5.41) is 17.4. The van der Waals surface area contributed by atoms with Crippen molar-refractivity contribution in [1.82, 2.24) is 4.90 Å². The molecule has 0 unspecified atom stereocenters. The number of hydrogen-bond donors (Lipinski definition) is 2. The normalized spacial score (nSPS) is 14.3. The van der Waals surface area contributed by atoms with Crippen molar-refractivity contribution in [3.05, 3.63) is 0 Å². The van der Waals surface area contributed by atoms with Gasteiger partial charge in [0.2, 0.25) is 0 Å². The van der Waals surface area contributed by atoms with Crippen molar-refractivity contribution in [1.29, 1.82) is 0 Å². The minimum absolute atomic E-state index is 0.0645. The maximum atomic E-state index is 9.02. The molecule has 0 spiro atoms. The number of aliphatic hydroxyl groups is 2. The highest BCUT2D eigenvalue weighted by Gasteiger charge is 2.02. The van der Waals surface area contributed by atoms with Crippen LogP contribution in [-0.4, -0.2) is 48.5 Å². The molecule has 0 aromatic rings. The molecule has 0 radical (unpaired) electrons. The van der Waals surface area contributed by atoms with E-state index in [1.807, 2.05) is 19.0 Å². The minimum atomic E-state index is -0.384. The molecule has 0 aromatic heterocycles. The van der Waals surface area contributed by atoms with E-state index in [0.29, 0.717) is 13.0 Å². The maximum absolute atomic E-state index is 9.02. The Balaban J connectivity index is 3.15. The molecule has 0 aromatic carbocycles. The topological polar surface area (TPSA) is 43.7 Å². The highest BCUT2D eigenvalue weighted by Crippen LogP contribution is 1.90. The number of likely N-dealkylation sites (N-methyl/N-ethyl adjacent to an activating group) is 1. The summed E-state index contributed by atoms with van der Waals surface area (Å²) in [6.07, 6.45) is 0.0862. The quantitative estimate of drug-likeness (QED) is 0.532. The molecule has 3 nitrogen and oxygen atoms in total. The average Bonchev–Trinajstić information content (AvgIpc) is 1.63. The van der Waals surface area contributed by atoms with E-state index in [1.165, 1.54) is 0 Å². The third-order valence-electron chi connectivity index (χ3n) is 1.04. The lowest BCUT2D eigenvalue weighted by Gasteiger charge is -2.13. The molecule has 2 N–H and O–H groups in total. The minimum Gasteiger partial charge on any atom is -0.396 e. The Bertz CT molecular complexity index is 66.1. The molecule has 1 atom stereocenters. The standard InChI is InChI=1S/C6H15NO2/c1-7(2)5-6(9)3-4-8/h6,8-9H,3-5H2,1-2H3/t6-/m1/s1. The largest absolute Gasteiger partial charge is 0.396 e. The predicted octanol–water partition coefficient (Wildman–Crippen LogP) is -0.709. The second-order valence-electron chi connectivity index (χ2n) is 2.43. The molecule has 3 heteroatoms. The van der Waals surface area contributed by atoms with Crippen molar-refractivity contribution < 1.29 is 10.2 Å². The fraction of sp³-hybridized carbons (Fsp3) is 1.00. The summed E-state index contributed by atoms with van der Waals surface area (Å²) in [5.74, 6) is 0. The molecule has 9 heavy (non-hydrogen) atoms. The van der Waals surface area contributed by atoms with Crippen molar-refractivity contribution in [3.63, 3.8) is 0 Å². The molecule has 0 aliphatic rings. The van der Waals surface area contributed by atoms with Crippen LogP contribution in [0.4, 0.5) is 0 Å². The highest BCUT2D eigenvalue weighted by molar-refractivity contribution is 4.56. The Morgan fingerprint density at radius 3 is 2.33 bits per heavy atom. The zero-order valence-electron chi connectivity index (χ0n) is 6.04. The molecule has 0 rings (SSSR count). The zero-order valence-corrected chi connectivity index (χ0v) is 6.04. The van der Waals surface area contributed by atoms with Gasteiger partial charge in [-0.05, 0) is 20.5 Å². The third kappa shape index (κ3) is 5.76. The Morgan fingerprint density at radius 2 is 2.00 bits per heavy atom. The summed E-state index contributed by atoms with van der Waals surface area (Å²) >= 11 is 0. The van der Waals surface area contributed by atoms with Crippen molar-refractivity contribution in [2.45, 2.75) is 12.5 Å². The van der Waals surface area contributed by atoms with Gasteiger partial charge in [-0.2, -0.15) is 0 Å². The average molecular weight is 133 g/mol. The summed E-state index contributed by atoms with van der Waals surface area (Å²) in [7, 11) is 3.78. The van der Waals surface area contributed by atoms with Crippen LogP contribution < -0.4 is 0 Å². The predicted molar refractivity (Wildman–Crippen MR) is 36.3 cm³/mol. The van der Waals surface area contributed by atoms with Crippen LogP contribution in [0, 0.1) is 0 Å². The zero-order chi connectivity index (χ0) is 7.28. The van der Waals surface area contributed by atoms with Gasteiger partial charge in [0.25, 0.3) is 0 Å². The first-order valence-electron chi connectivity index (χ1n) is 3.10. The lowest BCUT2D eigenvalue weighted by molar-refractivity contribution is 0.105. The van der Waals surface area contributed by atoms with Gasteiger partial charge in [0.15, 0.2) is 0 Å². The van der Waals surface area contributed by atoms with Crippen LogP contribution in [0.15, 0.2) is 0 Å². The smallest absolute Gasteiger partial charge is 0.0688 e. The number of rotatable bonds is 4. The van der Waals surface area contributed by atoms with Crippen LogP contribution >= 0.6 is 0 Å². The van der Waals surface area contributed by atoms with Crippen molar-refractivity contribution in [3.8, 4) is 0 Å². The summed E-state index contributed by atoms with van der Waals surface area (Å²) < 4.78 is 0. The SMILES string of the molecule is CN(C)C[C@H](O)CCO. The van der Waals surface area contributed by atoms with Crippen LogP contribution in [0.5, 0.6) is 0 Å². The van der Waals surface area contributed by atoms with Gasteiger partial charge in [-0.1, -0.05) is 0 Å². The van der Waals surface area contributed by atoms with Crippen LogP contribution in [0.25, 0.3) is 0 Å². The van der Waals surface area contributed by atoms with Gasteiger partial charge in [0.1, 0.15) is 0 Å². The molecule has 0 fully saturated rings. The Labute approximate surface area is 55.9 Å². The highest BCUT2D eigenvalue weighted by atomic mass is 16.3. The van der Waals surface area contributed by atoms with E-state index in [1.54, 1.807) is 0 Å². The molecule has 0 aliphatic carbocycles. The van der Waals surface area contributed by atoms with Gasteiger partial charge in [-0.3, -0.25) is 0 Å². The van der Waals surface area contributed by atoms with Crippen LogP contribution in [0.2, 0.25) is 0 Å². The molecule has 56 valence electrons. The van der Waals surface area contributed by atoms with Crippen LogP contribution in [0.1, 0.15) is 6.42 Å². The van der Waals surface area contributed by atoms with E-state index in [9.17, 15) is 0 Å². The first kappa shape index (κ1) is 8.88. The maximum Gasteiger partial charge on any atom is 0.0688 e. The molecule has 0 aliphatic heterocycles. The monoisotopic (exact) mass is 133 g/mol. The molecule has 0 heterocycles. The fourth-order valence-corrected chi connectivity index (χ4v) is 0.662. The van der Waals surface area contributed by atoms with Crippen molar-refractivity contribution in [2.75, 3.05) is 27.2 Å². The summed E-state index contributed by atoms with van der Waals surface area (Å²) in [4.78, 5) is 1.89. The van der Waals surface area contributed by atoms with Gasteiger partial charge >= 0.3 is 0 Å². The first-order chi connectivity index (χ1) is 4.16. The van der Waals surface area contributed by atoms with Crippen LogP contribution in [-0.2, 0) is 0 Å². The van der Waals surface area contributed by atoms with E-state index >= 15 is 0 Å². The Morgan fingerprint density at radius 1 is 1.44 bits per heavy atom. The molecule has 0 saturated heterocycles. The van der Waals surface area contributed by atoms with E-state index in [-0.39, 0.29) is 12.7 Å². The van der Waals surface area contributed by atoms with Crippen molar-refractivity contribution in [2.24, 2.45) is 0 Å². The van der Waals surface area contributed by atoms with E-state index < -0.39 is 0 Å². The second kappa shape index (κ2) is 4.73. The molecule has 0 bridgehead atoms. The summed E-state index contributed by atoms with van der Waals surface area (Å²) in [6.45, 7) is 0.690.